The lowest BCUT2D eigenvalue weighted by Gasteiger charge is -2.18. The molecule has 0 N–H and O–H groups in total. The molecule has 0 radical (unpaired) electrons. The molecule has 2 aromatic rings. The Balaban J connectivity index is 2.23. The Labute approximate surface area is 106 Å². The maximum atomic E-state index is 12.3. The monoisotopic (exact) mass is 244 g/mol. The van der Waals surface area contributed by atoms with Gasteiger partial charge in [-0.2, -0.15) is 0 Å². The predicted octanol–water partition coefficient (Wildman–Crippen LogP) is 2.31. The third-order valence-electron chi connectivity index (χ3n) is 2.93. The average Bonchev–Trinajstić information content (AvgIpc) is 2.83. The first-order chi connectivity index (χ1) is 8.63. The highest BCUT2D eigenvalue weighted by Gasteiger charge is 2.15. The zero-order valence-electron chi connectivity index (χ0n) is 10.8. The van der Waals surface area contributed by atoms with Crippen LogP contribution in [0.25, 0.3) is 0 Å². The smallest absolute Gasteiger partial charge is 0.274 e. The van der Waals surface area contributed by atoms with Gasteiger partial charge in [0.1, 0.15) is 11.4 Å². The SMILES string of the molecule is COc1ccc(N(C)C(=O)c2cccn2C)cc1. The van der Waals surface area contributed by atoms with Crippen molar-refractivity contribution in [3.05, 3.63) is 48.3 Å². The van der Waals surface area contributed by atoms with Crippen LogP contribution in [0.5, 0.6) is 5.75 Å². The number of hydrogen-bond donors (Lipinski definition) is 0. The van der Waals surface area contributed by atoms with Gasteiger partial charge in [0.15, 0.2) is 0 Å². The Morgan fingerprint density at radius 3 is 2.39 bits per heavy atom. The van der Waals surface area contributed by atoms with Crippen molar-refractivity contribution < 1.29 is 9.53 Å². The first-order valence-corrected chi connectivity index (χ1v) is 5.67. The van der Waals surface area contributed by atoms with Crippen molar-refractivity contribution in [2.45, 2.75) is 0 Å². The molecule has 1 aromatic carbocycles. The van der Waals surface area contributed by atoms with E-state index in [0.29, 0.717) is 5.69 Å². The molecule has 0 saturated heterocycles. The Morgan fingerprint density at radius 1 is 1.22 bits per heavy atom. The van der Waals surface area contributed by atoms with E-state index < -0.39 is 0 Å². The van der Waals surface area contributed by atoms with Crippen LogP contribution >= 0.6 is 0 Å². The maximum Gasteiger partial charge on any atom is 0.274 e. The molecule has 0 aliphatic rings. The minimum absolute atomic E-state index is 0.0346. The number of carbonyl (C=O) groups excluding carboxylic acids is 1. The van der Waals surface area contributed by atoms with E-state index in [1.807, 2.05) is 54.2 Å². The van der Waals surface area contributed by atoms with Gasteiger partial charge in [-0.1, -0.05) is 0 Å². The molecule has 18 heavy (non-hydrogen) atoms. The number of carbonyl (C=O) groups is 1. The second kappa shape index (κ2) is 4.96. The third-order valence-corrected chi connectivity index (χ3v) is 2.93. The van der Waals surface area contributed by atoms with Crippen molar-refractivity contribution in [1.29, 1.82) is 0 Å². The second-order valence-electron chi connectivity index (χ2n) is 4.07. The Kier molecular flexibility index (Phi) is 3.37. The van der Waals surface area contributed by atoms with E-state index in [1.54, 1.807) is 19.1 Å². The number of nitrogens with zero attached hydrogens (tertiary/aromatic N) is 2. The topological polar surface area (TPSA) is 34.5 Å². The molecular weight excluding hydrogens is 228 g/mol. The molecule has 1 amide bonds. The summed E-state index contributed by atoms with van der Waals surface area (Å²) in [5.74, 6) is 0.742. The van der Waals surface area contributed by atoms with Gasteiger partial charge in [0, 0.05) is 26.0 Å². The summed E-state index contributed by atoms with van der Waals surface area (Å²) in [5, 5.41) is 0. The molecule has 1 heterocycles. The number of aryl methyl sites for hydroxylation is 1. The number of hydrogen-bond acceptors (Lipinski definition) is 2. The van der Waals surface area contributed by atoms with Gasteiger partial charge in [0.05, 0.1) is 7.11 Å². The number of ether oxygens (including phenoxy) is 1. The zero-order chi connectivity index (χ0) is 13.1. The molecule has 94 valence electrons. The average molecular weight is 244 g/mol. The number of benzene rings is 1. The van der Waals surface area contributed by atoms with E-state index >= 15 is 0 Å². The highest BCUT2D eigenvalue weighted by atomic mass is 16.5. The molecule has 4 heteroatoms. The van der Waals surface area contributed by atoms with E-state index in [1.165, 1.54) is 0 Å². The summed E-state index contributed by atoms with van der Waals surface area (Å²) in [7, 11) is 5.24. The standard InChI is InChI=1S/C14H16N2O2/c1-15-10-4-5-13(15)14(17)16(2)11-6-8-12(18-3)9-7-11/h4-10H,1-3H3. The molecule has 0 fully saturated rings. The molecular formula is C14H16N2O2. The van der Waals surface area contributed by atoms with Gasteiger partial charge in [0.2, 0.25) is 0 Å². The molecule has 0 bridgehead atoms. The van der Waals surface area contributed by atoms with Gasteiger partial charge >= 0.3 is 0 Å². The molecule has 0 unspecified atom stereocenters. The number of anilines is 1. The van der Waals surface area contributed by atoms with Crippen LogP contribution in [-0.4, -0.2) is 24.6 Å². The van der Waals surface area contributed by atoms with E-state index in [4.69, 9.17) is 4.74 Å². The van der Waals surface area contributed by atoms with Crippen LogP contribution in [0, 0.1) is 0 Å². The minimum atomic E-state index is -0.0346. The van der Waals surface area contributed by atoms with Gasteiger partial charge in [-0.05, 0) is 36.4 Å². The van der Waals surface area contributed by atoms with Gasteiger partial charge in [-0.3, -0.25) is 4.79 Å². The fourth-order valence-corrected chi connectivity index (χ4v) is 1.78. The molecule has 2 rings (SSSR count). The van der Waals surface area contributed by atoms with Gasteiger partial charge in [-0.25, -0.2) is 0 Å². The highest BCUT2D eigenvalue weighted by Crippen LogP contribution is 2.19. The Morgan fingerprint density at radius 2 is 1.89 bits per heavy atom. The van der Waals surface area contributed by atoms with Crippen LogP contribution < -0.4 is 9.64 Å². The number of amides is 1. The van der Waals surface area contributed by atoms with Crippen molar-refractivity contribution in [3.63, 3.8) is 0 Å². The largest absolute Gasteiger partial charge is 0.497 e. The van der Waals surface area contributed by atoms with Crippen molar-refractivity contribution in [3.8, 4) is 5.75 Å². The van der Waals surface area contributed by atoms with Crippen molar-refractivity contribution in [2.75, 3.05) is 19.1 Å². The summed E-state index contributed by atoms with van der Waals surface area (Å²) in [6.07, 6.45) is 1.86. The molecule has 0 aliphatic heterocycles. The molecule has 0 saturated carbocycles. The quantitative estimate of drug-likeness (QED) is 0.830. The summed E-state index contributed by atoms with van der Waals surface area (Å²) in [5.41, 5.74) is 1.50. The highest BCUT2D eigenvalue weighted by molar-refractivity contribution is 6.04. The van der Waals surface area contributed by atoms with Crippen LogP contribution in [0.3, 0.4) is 0 Å². The second-order valence-corrected chi connectivity index (χ2v) is 4.07. The molecule has 0 spiro atoms. The van der Waals surface area contributed by atoms with Crippen LogP contribution in [-0.2, 0) is 7.05 Å². The maximum absolute atomic E-state index is 12.3. The molecule has 1 aromatic heterocycles. The Bertz CT molecular complexity index is 543. The lowest BCUT2D eigenvalue weighted by atomic mass is 10.2. The van der Waals surface area contributed by atoms with Crippen molar-refractivity contribution in [2.24, 2.45) is 7.05 Å². The van der Waals surface area contributed by atoms with Gasteiger partial charge in [0.25, 0.3) is 5.91 Å². The first-order valence-electron chi connectivity index (χ1n) is 5.67. The van der Waals surface area contributed by atoms with Crippen LogP contribution in [0.1, 0.15) is 10.5 Å². The van der Waals surface area contributed by atoms with Crippen molar-refractivity contribution >= 4 is 11.6 Å². The number of aromatic nitrogens is 1. The number of rotatable bonds is 3. The van der Waals surface area contributed by atoms with E-state index in [2.05, 4.69) is 0 Å². The Hall–Kier alpha value is -2.23. The van der Waals surface area contributed by atoms with E-state index in [-0.39, 0.29) is 5.91 Å². The van der Waals surface area contributed by atoms with Crippen LogP contribution in [0.15, 0.2) is 42.6 Å². The lowest BCUT2D eigenvalue weighted by molar-refractivity contribution is 0.0985. The molecule has 0 aliphatic carbocycles. The summed E-state index contributed by atoms with van der Waals surface area (Å²) in [6, 6.07) is 11.1. The summed E-state index contributed by atoms with van der Waals surface area (Å²) in [6.45, 7) is 0. The van der Waals surface area contributed by atoms with Crippen molar-refractivity contribution in [1.82, 2.24) is 4.57 Å². The summed E-state index contributed by atoms with van der Waals surface area (Å²) in [4.78, 5) is 13.9. The zero-order valence-corrected chi connectivity index (χ0v) is 10.8. The molecule has 4 nitrogen and oxygen atoms in total. The van der Waals surface area contributed by atoms with E-state index in [0.717, 1.165) is 11.4 Å². The van der Waals surface area contributed by atoms with Crippen LogP contribution in [0.4, 0.5) is 5.69 Å². The summed E-state index contributed by atoms with van der Waals surface area (Å²) >= 11 is 0. The number of methoxy groups -OCH3 is 1. The lowest BCUT2D eigenvalue weighted by Crippen LogP contribution is -2.27. The van der Waals surface area contributed by atoms with E-state index in [9.17, 15) is 4.79 Å². The first kappa shape index (κ1) is 12.2. The minimum Gasteiger partial charge on any atom is -0.497 e. The van der Waals surface area contributed by atoms with Gasteiger partial charge < -0.3 is 14.2 Å². The normalized spacial score (nSPS) is 10.2. The predicted molar refractivity (Wildman–Crippen MR) is 71.1 cm³/mol. The molecule has 0 atom stereocenters. The fourth-order valence-electron chi connectivity index (χ4n) is 1.78. The fraction of sp³-hybridized carbons (Fsp3) is 0.214. The van der Waals surface area contributed by atoms with Gasteiger partial charge in [-0.15, -0.1) is 0 Å². The summed E-state index contributed by atoms with van der Waals surface area (Å²) < 4.78 is 6.90. The van der Waals surface area contributed by atoms with Crippen LogP contribution in [0.2, 0.25) is 0 Å². The third kappa shape index (κ3) is 2.22.